The van der Waals surface area contributed by atoms with Gasteiger partial charge < -0.3 is 9.47 Å². The van der Waals surface area contributed by atoms with Gasteiger partial charge in [0, 0.05) is 17.7 Å². The summed E-state index contributed by atoms with van der Waals surface area (Å²) in [5, 5.41) is 14.5. The number of carbonyl (C=O) groups excluding carboxylic acids is 1. The van der Waals surface area contributed by atoms with E-state index in [0.29, 0.717) is 17.1 Å². The van der Waals surface area contributed by atoms with Gasteiger partial charge in [0.25, 0.3) is 11.6 Å². The maximum atomic E-state index is 12.0. The zero-order valence-electron chi connectivity index (χ0n) is 14.6. The minimum Gasteiger partial charge on any atom is -0.493 e. The lowest BCUT2D eigenvalue weighted by atomic mass is 10.2. The number of nitrogens with one attached hydrogen (secondary N) is 1. The molecule has 0 bridgehead atoms. The summed E-state index contributed by atoms with van der Waals surface area (Å²) in [5.74, 6) is 0.710. The number of hydrogen-bond donors (Lipinski definition) is 1. The molecule has 136 valence electrons. The Kier molecular flexibility index (Phi) is 6.26. The molecule has 0 heterocycles. The largest absolute Gasteiger partial charge is 0.493 e. The lowest BCUT2D eigenvalue weighted by Crippen LogP contribution is -2.17. The van der Waals surface area contributed by atoms with Gasteiger partial charge in [-0.05, 0) is 49.7 Å². The molecule has 2 rings (SSSR count). The normalized spacial score (nSPS) is 10.8. The molecular weight excluding hydrogens is 338 g/mol. The minimum absolute atomic E-state index is 0.0180. The smallest absolute Gasteiger partial charge is 0.271 e. The van der Waals surface area contributed by atoms with Crippen LogP contribution < -0.4 is 14.9 Å². The number of amides is 1. The predicted octanol–water partition coefficient (Wildman–Crippen LogP) is 3.15. The first-order valence-corrected chi connectivity index (χ1v) is 7.83. The number of ether oxygens (including phenoxy) is 2. The molecule has 0 radical (unpaired) electrons. The van der Waals surface area contributed by atoms with Gasteiger partial charge in [0.05, 0.1) is 24.4 Å². The fraction of sp³-hybridized carbons (Fsp3) is 0.222. The molecule has 0 aliphatic carbocycles. The van der Waals surface area contributed by atoms with Crippen LogP contribution in [0.15, 0.2) is 47.6 Å². The third kappa shape index (κ3) is 5.04. The number of rotatable bonds is 7. The van der Waals surface area contributed by atoms with Crippen molar-refractivity contribution in [1.82, 2.24) is 5.43 Å². The van der Waals surface area contributed by atoms with E-state index >= 15 is 0 Å². The van der Waals surface area contributed by atoms with E-state index in [1.807, 2.05) is 13.8 Å². The van der Waals surface area contributed by atoms with Gasteiger partial charge in [0.15, 0.2) is 11.5 Å². The van der Waals surface area contributed by atoms with Crippen LogP contribution in [0.1, 0.15) is 29.8 Å². The molecule has 1 N–H and O–H groups in total. The van der Waals surface area contributed by atoms with Crippen molar-refractivity contribution in [3.8, 4) is 11.5 Å². The molecule has 0 unspecified atom stereocenters. The molecular formula is C18H19N3O5. The molecule has 0 aliphatic rings. The second kappa shape index (κ2) is 8.61. The highest BCUT2D eigenvalue weighted by atomic mass is 16.6. The molecule has 0 saturated carbocycles. The van der Waals surface area contributed by atoms with E-state index in [2.05, 4.69) is 10.5 Å². The summed E-state index contributed by atoms with van der Waals surface area (Å²) in [6.07, 6.45) is 1.48. The average Bonchev–Trinajstić information content (AvgIpc) is 2.62. The molecule has 0 fully saturated rings. The van der Waals surface area contributed by atoms with E-state index in [1.54, 1.807) is 25.3 Å². The molecule has 2 aromatic carbocycles. The van der Waals surface area contributed by atoms with Crippen LogP contribution in [0.4, 0.5) is 5.69 Å². The number of nitro groups is 1. The van der Waals surface area contributed by atoms with Gasteiger partial charge in [-0.25, -0.2) is 5.43 Å². The zero-order chi connectivity index (χ0) is 19.1. The van der Waals surface area contributed by atoms with Crippen molar-refractivity contribution in [3.63, 3.8) is 0 Å². The standard InChI is InChI=1S/C18H19N3O5/c1-12(2)26-16-9-4-13(10-17(16)25-3)11-19-20-18(22)14-5-7-15(8-6-14)21(23)24/h4-12H,1-3H3,(H,20,22)/b19-11+. The van der Waals surface area contributed by atoms with Crippen molar-refractivity contribution in [2.24, 2.45) is 5.10 Å². The van der Waals surface area contributed by atoms with E-state index < -0.39 is 10.8 Å². The molecule has 26 heavy (non-hydrogen) atoms. The minimum atomic E-state index is -0.528. The highest BCUT2D eigenvalue weighted by Crippen LogP contribution is 2.28. The molecule has 0 saturated heterocycles. The third-order valence-corrected chi connectivity index (χ3v) is 3.27. The van der Waals surface area contributed by atoms with Crippen LogP contribution in [0.2, 0.25) is 0 Å². The van der Waals surface area contributed by atoms with Crippen molar-refractivity contribution in [3.05, 3.63) is 63.7 Å². The van der Waals surface area contributed by atoms with E-state index in [1.165, 1.54) is 30.5 Å². The SMILES string of the molecule is COc1cc(/C=N/NC(=O)c2ccc([N+](=O)[O-])cc2)ccc1OC(C)C. The van der Waals surface area contributed by atoms with Crippen molar-refractivity contribution >= 4 is 17.8 Å². The number of hydrazone groups is 1. The Hall–Kier alpha value is -3.42. The molecule has 8 heteroatoms. The van der Waals surface area contributed by atoms with Gasteiger partial charge in [-0.15, -0.1) is 0 Å². The molecule has 0 spiro atoms. The third-order valence-electron chi connectivity index (χ3n) is 3.27. The maximum Gasteiger partial charge on any atom is 0.271 e. The summed E-state index contributed by atoms with van der Waals surface area (Å²) in [5.41, 5.74) is 3.27. The molecule has 0 atom stereocenters. The van der Waals surface area contributed by atoms with E-state index in [0.717, 1.165) is 0 Å². The number of non-ortho nitro benzene ring substituents is 1. The van der Waals surface area contributed by atoms with Gasteiger partial charge in [0.2, 0.25) is 0 Å². The number of nitrogens with zero attached hydrogens (tertiary/aromatic N) is 2. The van der Waals surface area contributed by atoms with Crippen LogP contribution in [-0.4, -0.2) is 30.3 Å². The lowest BCUT2D eigenvalue weighted by Gasteiger charge is -2.13. The van der Waals surface area contributed by atoms with E-state index in [-0.39, 0.29) is 17.4 Å². The quantitative estimate of drug-likeness (QED) is 0.466. The van der Waals surface area contributed by atoms with Gasteiger partial charge in [-0.1, -0.05) is 0 Å². The van der Waals surface area contributed by atoms with E-state index in [9.17, 15) is 14.9 Å². The number of hydrogen-bond acceptors (Lipinski definition) is 6. The van der Waals surface area contributed by atoms with Crippen LogP contribution in [0.25, 0.3) is 0 Å². The Labute approximate surface area is 150 Å². The first kappa shape index (κ1) is 18.9. The van der Waals surface area contributed by atoms with Crippen molar-refractivity contribution in [2.45, 2.75) is 20.0 Å². The van der Waals surface area contributed by atoms with Crippen LogP contribution in [-0.2, 0) is 0 Å². The van der Waals surface area contributed by atoms with Crippen molar-refractivity contribution in [1.29, 1.82) is 0 Å². The van der Waals surface area contributed by atoms with Gasteiger partial charge in [-0.2, -0.15) is 5.10 Å². The zero-order valence-corrected chi connectivity index (χ0v) is 14.6. The Balaban J connectivity index is 2.03. The molecule has 8 nitrogen and oxygen atoms in total. The van der Waals surface area contributed by atoms with Gasteiger partial charge in [0.1, 0.15) is 0 Å². The fourth-order valence-electron chi connectivity index (χ4n) is 2.08. The Morgan fingerprint density at radius 2 is 1.88 bits per heavy atom. The molecule has 0 aromatic heterocycles. The number of carbonyl (C=O) groups is 1. The van der Waals surface area contributed by atoms with Crippen molar-refractivity contribution < 1.29 is 19.2 Å². The predicted molar refractivity (Wildman–Crippen MR) is 96.9 cm³/mol. The van der Waals surface area contributed by atoms with Crippen molar-refractivity contribution in [2.75, 3.05) is 7.11 Å². The van der Waals surface area contributed by atoms with Crippen LogP contribution in [0.5, 0.6) is 11.5 Å². The average molecular weight is 357 g/mol. The summed E-state index contributed by atoms with van der Waals surface area (Å²) < 4.78 is 10.9. The van der Waals surface area contributed by atoms with Gasteiger partial charge >= 0.3 is 0 Å². The van der Waals surface area contributed by atoms with Crippen LogP contribution in [0.3, 0.4) is 0 Å². The second-order valence-electron chi connectivity index (χ2n) is 5.58. The number of methoxy groups -OCH3 is 1. The number of nitro benzene ring substituents is 1. The lowest BCUT2D eigenvalue weighted by molar-refractivity contribution is -0.384. The molecule has 2 aromatic rings. The number of benzene rings is 2. The van der Waals surface area contributed by atoms with Crippen LogP contribution >= 0.6 is 0 Å². The highest BCUT2D eigenvalue weighted by Gasteiger charge is 2.09. The summed E-state index contributed by atoms with van der Waals surface area (Å²) in [7, 11) is 1.54. The van der Waals surface area contributed by atoms with E-state index in [4.69, 9.17) is 9.47 Å². The molecule has 0 aliphatic heterocycles. The highest BCUT2D eigenvalue weighted by molar-refractivity contribution is 5.95. The maximum absolute atomic E-state index is 12.0. The summed E-state index contributed by atoms with van der Waals surface area (Å²) in [6.45, 7) is 3.84. The Bertz CT molecular complexity index is 816. The molecule has 1 amide bonds. The topological polar surface area (TPSA) is 103 Å². The Morgan fingerprint density at radius 1 is 1.19 bits per heavy atom. The van der Waals surface area contributed by atoms with Gasteiger partial charge in [-0.3, -0.25) is 14.9 Å². The first-order valence-electron chi connectivity index (χ1n) is 7.83. The Morgan fingerprint density at radius 3 is 2.46 bits per heavy atom. The second-order valence-corrected chi connectivity index (χ2v) is 5.58. The fourth-order valence-corrected chi connectivity index (χ4v) is 2.08. The summed E-state index contributed by atoms with van der Waals surface area (Å²) in [4.78, 5) is 22.1. The summed E-state index contributed by atoms with van der Waals surface area (Å²) >= 11 is 0. The monoisotopic (exact) mass is 357 g/mol. The first-order chi connectivity index (χ1) is 12.4. The summed E-state index contributed by atoms with van der Waals surface area (Å²) in [6, 6.07) is 10.5. The van der Waals surface area contributed by atoms with Crippen LogP contribution in [0, 0.1) is 10.1 Å².